The minimum Gasteiger partial charge on any atom is -0.357 e. The van der Waals surface area contributed by atoms with Crippen molar-refractivity contribution in [3.8, 4) is 0 Å². The Morgan fingerprint density at radius 1 is 1.08 bits per heavy atom. The third-order valence-corrected chi connectivity index (χ3v) is 6.37. The monoisotopic (exact) mass is 501 g/mol. The highest BCUT2D eigenvalue weighted by Crippen LogP contribution is 2.19. The zero-order valence-electron chi connectivity index (χ0n) is 16.2. The van der Waals surface area contributed by atoms with Gasteiger partial charge in [0.2, 0.25) is 10.0 Å². The fourth-order valence-electron chi connectivity index (χ4n) is 3.50. The largest absolute Gasteiger partial charge is 0.357 e. The molecule has 2 aliphatic heterocycles. The Hall–Kier alpha value is -0.130. The number of halogens is 1. The fraction of sp³-hybridized carbons (Fsp3) is 0.941. The van der Waals surface area contributed by atoms with Crippen LogP contribution in [-0.2, 0) is 10.0 Å². The van der Waals surface area contributed by atoms with Gasteiger partial charge in [0.25, 0.3) is 0 Å². The van der Waals surface area contributed by atoms with Gasteiger partial charge in [-0.25, -0.2) is 12.7 Å². The lowest BCUT2D eigenvalue weighted by Crippen LogP contribution is -2.43. The van der Waals surface area contributed by atoms with Gasteiger partial charge in [-0.2, -0.15) is 0 Å². The van der Waals surface area contributed by atoms with Crippen LogP contribution in [0.15, 0.2) is 4.99 Å². The maximum Gasteiger partial charge on any atom is 0.211 e. The van der Waals surface area contributed by atoms with Crippen LogP contribution in [0, 0.1) is 5.92 Å². The van der Waals surface area contributed by atoms with Crippen LogP contribution in [0.1, 0.15) is 39.0 Å². The Morgan fingerprint density at radius 3 is 2.31 bits per heavy atom. The van der Waals surface area contributed by atoms with Gasteiger partial charge in [-0.1, -0.05) is 6.42 Å². The average molecular weight is 501 g/mol. The smallest absolute Gasteiger partial charge is 0.211 e. The molecule has 2 saturated heterocycles. The van der Waals surface area contributed by atoms with E-state index < -0.39 is 10.0 Å². The third kappa shape index (κ3) is 8.71. The maximum absolute atomic E-state index is 11.6. The average Bonchev–Trinajstić information content (AvgIpc) is 2.60. The normalized spacial score (nSPS) is 21.2. The van der Waals surface area contributed by atoms with Gasteiger partial charge in [0.15, 0.2) is 5.96 Å². The molecule has 7 nitrogen and oxygen atoms in total. The van der Waals surface area contributed by atoms with Crippen LogP contribution in [0.3, 0.4) is 0 Å². The summed E-state index contributed by atoms with van der Waals surface area (Å²) >= 11 is 0. The number of likely N-dealkylation sites (tertiary alicyclic amines) is 1. The van der Waals surface area contributed by atoms with Crippen molar-refractivity contribution in [1.82, 2.24) is 19.8 Å². The van der Waals surface area contributed by atoms with Crippen molar-refractivity contribution in [1.29, 1.82) is 0 Å². The van der Waals surface area contributed by atoms with Gasteiger partial charge in [-0.15, -0.1) is 24.0 Å². The molecule has 0 aliphatic carbocycles. The molecule has 0 saturated carbocycles. The number of nitrogens with one attached hydrogen (secondary N) is 2. The summed E-state index contributed by atoms with van der Waals surface area (Å²) in [5.74, 6) is 1.35. The molecule has 2 N–H and O–H groups in total. The van der Waals surface area contributed by atoms with Crippen LogP contribution in [0.25, 0.3) is 0 Å². The highest BCUT2D eigenvalue weighted by atomic mass is 127. The van der Waals surface area contributed by atoms with Crippen molar-refractivity contribution >= 4 is 40.0 Å². The van der Waals surface area contributed by atoms with Crippen LogP contribution in [0.5, 0.6) is 0 Å². The Kier molecular flexibility index (Phi) is 11.4. The first-order valence-electron chi connectivity index (χ1n) is 9.68. The topological polar surface area (TPSA) is 77.0 Å². The number of sulfonamides is 1. The molecule has 154 valence electrons. The summed E-state index contributed by atoms with van der Waals surface area (Å²) in [5, 5.41) is 6.74. The predicted octanol–water partition coefficient (Wildman–Crippen LogP) is 1.32. The van der Waals surface area contributed by atoms with E-state index in [9.17, 15) is 8.42 Å². The van der Waals surface area contributed by atoms with E-state index in [4.69, 9.17) is 4.99 Å². The quantitative estimate of drug-likeness (QED) is 0.313. The molecule has 0 atom stereocenters. The van der Waals surface area contributed by atoms with E-state index >= 15 is 0 Å². The van der Waals surface area contributed by atoms with Crippen LogP contribution < -0.4 is 10.6 Å². The number of piperidine rings is 2. The van der Waals surface area contributed by atoms with Crippen molar-refractivity contribution in [2.24, 2.45) is 10.9 Å². The molecule has 2 rings (SSSR count). The summed E-state index contributed by atoms with van der Waals surface area (Å²) < 4.78 is 24.7. The number of guanidine groups is 1. The Labute approximate surface area is 176 Å². The molecule has 0 bridgehead atoms. The van der Waals surface area contributed by atoms with Crippen molar-refractivity contribution in [2.45, 2.75) is 39.0 Å². The van der Waals surface area contributed by atoms with Crippen molar-refractivity contribution in [3.63, 3.8) is 0 Å². The number of hydrogen-bond acceptors (Lipinski definition) is 4. The maximum atomic E-state index is 11.6. The fourth-order valence-corrected chi connectivity index (χ4v) is 4.38. The van der Waals surface area contributed by atoms with Gasteiger partial charge in [0, 0.05) is 39.3 Å². The second kappa shape index (κ2) is 12.4. The van der Waals surface area contributed by atoms with Gasteiger partial charge >= 0.3 is 0 Å². The first-order valence-corrected chi connectivity index (χ1v) is 11.5. The van der Waals surface area contributed by atoms with Crippen LogP contribution >= 0.6 is 24.0 Å². The molecule has 0 unspecified atom stereocenters. The number of aliphatic imine (C=N–C) groups is 1. The van der Waals surface area contributed by atoms with E-state index in [1.807, 2.05) is 0 Å². The first-order chi connectivity index (χ1) is 12.0. The van der Waals surface area contributed by atoms with Crippen LogP contribution in [-0.4, -0.2) is 82.2 Å². The highest BCUT2D eigenvalue weighted by Gasteiger charge is 2.24. The van der Waals surface area contributed by atoms with E-state index in [-0.39, 0.29) is 24.0 Å². The molecule has 0 radical (unpaired) electrons. The second-order valence-corrected chi connectivity index (χ2v) is 9.14. The van der Waals surface area contributed by atoms with Crippen molar-refractivity contribution in [2.75, 3.05) is 58.6 Å². The molecule has 2 aliphatic rings. The van der Waals surface area contributed by atoms with E-state index in [2.05, 4.69) is 22.5 Å². The number of nitrogens with zero attached hydrogens (tertiary/aromatic N) is 3. The van der Waals surface area contributed by atoms with Crippen molar-refractivity contribution < 1.29 is 8.42 Å². The van der Waals surface area contributed by atoms with E-state index in [1.54, 1.807) is 4.31 Å². The van der Waals surface area contributed by atoms with Gasteiger partial charge in [0.05, 0.1) is 6.26 Å². The zero-order chi connectivity index (χ0) is 18.1. The molecule has 9 heteroatoms. The van der Waals surface area contributed by atoms with Crippen LogP contribution in [0.2, 0.25) is 0 Å². The van der Waals surface area contributed by atoms with Crippen LogP contribution in [0.4, 0.5) is 0 Å². The molecule has 2 heterocycles. The molecular weight excluding hydrogens is 465 g/mol. The molecule has 2 fully saturated rings. The summed E-state index contributed by atoms with van der Waals surface area (Å²) in [7, 11) is -3.04. The molecular formula is C17H36IN5O2S. The van der Waals surface area contributed by atoms with Crippen molar-refractivity contribution in [3.05, 3.63) is 0 Å². The Morgan fingerprint density at radius 2 is 1.73 bits per heavy atom. The van der Waals surface area contributed by atoms with Gasteiger partial charge in [-0.3, -0.25) is 4.99 Å². The molecule has 0 aromatic heterocycles. The Bertz CT molecular complexity index is 515. The number of rotatable bonds is 7. The first kappa shape index (κ1) is 23.9. The number of hydrogen-bond donors (Lipinski definition) is 2. The van der Waals surface area contributed by atoms with E-state index in [1.165, 1.54) is 38.6 Å². The highest BCUT2D eigenvalue weighted by molar-refractivity contribution is 14.0. The lowest BCUT2D eigenvalue weighted by atomic mass is 9.98. The summed E-state index contributed by atoms with van der Waals surface area (Å²) in [6, 6.07) is 0. The summed E-state index contributed by atoms with van der Waals surface area (Å²) in [6.45, 7) is 9.35. The molecule has 0 aromatic rings. The molecule has 0 aromatic carbocycles. The predicted molar refractivity (Wildman–Crippen MR) is 119 cm³/mol. The van der Waals surface area contributed by atoms with E-state index in [0.29, 0.717) is 19.0 Å². The third-order valence-electron chi connectivity index (χ3n) is 5.06. The summed E-state index contributed by atoms with van der Waals surface area (Å²) in [4.78, 5) is 7.23. The molecule has 26 heavy (non-hydrogen) atoms. The molecule has 0 spiro atoms. The summed E-state index contributed by atoms with van der Waals surface area (Å²) in [6.07, 6.45) is 7.08. The minimum absolute atomic E-state index is 0. The lowest BCUT2D eigenvalue weighted by molar-refractivity contribution is 0.232. The SMILES string of the molecule is CCNC(=NCC1CCN(S(C)(=O)=O)CC1)NCCN1CCCCC1.I. The minimum atomic E-state index is -3.04. The standard InChI is InChI=1S/C17H35N5O2S.HI/c1-3-18-17(19-9-14-21-10-5-4-6-11-21)20-15-16-7-12-22(13-8-16)25(2,23)24;/h16H,3-15H2,1-2H3,(H2,18,19,20);1H. The second-order valence-electron chi connectivity index (χ2n) is 7.15. The lowest BCUT2D eigenvalue weighted by Gasteiger charge is -2.29. The summed E-state index contributed by atoms with van der Waals surface area (Å²) in [5.41, 5.74) is 0. The van der Waals surface area contributed by atoms with Gasteiger partial charge in [0.1, 0.15) is 0 Å². The molecule has 0 amide bonds. The van der Waals surface area contributed by atoms with Gasteiger partial charge < -0.3 is 15.5 Å². The Balaban J connectivity index is 0.00000338. The van der Waals surface area contributed by atoms with E-state index in [0.717, 1.165) is 45.0 Å². The van der Waals surface area contributed by atoms with Gasteiger partial charge in [-0.05, 0) is 51.6 Å². The zero-order valence-corrected chi connectivity index (χ0v) is 19.4.